The average Bonchev–Trinajstić information content (AvgIpc) is 3.08. The zero-order valence-electron chi connectivity index (χ0n) is 10.6. The van der Waals surface area contributed by atoms with Crippen molar-refractivity contribution in [3.05, 3.63) is 35.7 Å². The zero-order chi connectivity index (χ0) is 13.7. The largest absolute Gasteiger partial charge is 0.462 e. The lowest BCUT2D eigenvalue weighted by Gasteiger charge is -2.06. The Morgan fingerprint density at radius 2 is 2.32 bits per heavy atom. The van der Waals surface area contributed by atoms with Crippen LogP contribution in [0, 0.1) is 0 Å². The predicted octanol–water partition coefficient (Wildman–Crippen LogP) is 0.993. The van der Waals surface area contributed by atoms with Crippen LogP contribution < -0.4 is 5.32 Å². The molecule has 0 amide bonds. The molecule has 2 aromatic heterocycles. The second kappa shape index (κ2) is 5.96. The number of imidazole rings is 1. The van der Waals surface area contributed by atoms with Gasteiger partial charge in [0.1, 0.15) is 23.8 Å². The maximum Gasteiger partial charge on any atom is 0.160 e. The van der Waals surface area contributed by atoms with Crippen molar-refractivity contribution >= 4 is 18.4 Å². The number of aromatic nitrogens is 2. The summed E-state index contributed by atoms with van der Waals surface area (Å²) in [6, 6.07) is 3.52. The predicted molar refractivity (Wildman–Crippen MR) is 71.7 cm³/mol. The number of aliphatic imine (C=N–C) groups is 2. The minimum Gasteiger partial charge on any atom is -0.462 e. The fraction of sp³-hybridized carbons (Fsp3) is 0.250. The van der Waals surface area contributed by atoms with Crippen molar-refractivity contribution < 1.29 is 9.52 Å². The number of hydrogen-bond acceptors (Lipinski definition) is 5. The topological polar surface area (TPSA) is 98.8 Å². The number of furan rings is 1. The number of rotatable bonds is 5. The van der Waals surface area contributed by atoms with Gasteiger partial charge < -0.3 is 19.8 Å². The Labute approximate surface area is 110 Å². The summed E-state index contributed by atoms with van der Waals surface area (Å²) in [6.45, 7) is 3.79. The fourth-order valence-electron chi connectivity index (χ4n) is 1.62. The molecule has 0 aliphatic carbocycles. The summed E-state index contributed by atoms with van der Waals surface area (Å²) in [5.74, 6) is 2.38. The molecule has 100 valence electrons. The van der Waals surface area contributed by atoms with Crippen LogP contribution in [-0.2, 0) is 13.2 Å². The van der Waals surface area contributed by atoms with Crippen molar-refractivity contribution in [1.82, 2.24) is 15.3 Å². The van der Waals surface area contributed by atoms with Crippen LogP contribution in [0.25, 0.3) is 0 Å². The Bertz CT molecular complexity index is 584. The van der Waals surface area contributed by atoms with E-state index in [4.69, 9.17) is 9.52 Å². The summed E-state index contributed by atoms with van der Waals surface area (Å²) in [6.07, 6.45) is 1.53. The monoisotopic (exact) mass is 261 g/mol. The summed E-state index contributed by atoms with van der Waals surface area (Å²) in [4.78, 5) is 15.0. The highest BCUT2D eigenvalue weighted by Gasteiger charge is 2.11. The quantitative estimate of drug-likeness (QED) is 0.552. The van der Waals surface area contributed by atoms with E-state index < -0.39 is 0 Å². The van der Waals surface area contributed by atoms with Crippen molar-refractivity contribution in [2.24, 2.45) is 9.98 Å². The van der Waals surface area contributed by atoms with Crippen molar-refractivity contribution in [2.45, 2.75) is 13.2 Å². The fourth-order valence-corrected chi connectivity index (χ4v) is 1.62. The third kappa shape index (κ3) is 2.89. The number of aliphatic hydroxyl groups is 1. The van der Waals surface area contributed by atoms with Gasteiger partial charge >= 0.3 is 0 Å². The first kappa shape index (κ1) is 13.0. The first-order valence-corrected chi connectivity index (χ1v) is 5.68. The van der Waals surface area contributed by atoms with Crippen molar-refractivity contribution in [3.8, 4) is 0 Å². The van der Waals surface area contributed by atoms with Crippen LogP contribution in [0.4, 0.5) is 5.82 Å². The molecule has 0 radical (unpaired) electrons. The molecule has 0 aliphatic rings. The maximum atomic E-state index is 8.92. The van der Waals surface area contributed by atoms with Gasteiger partial charge in [-0.1, -0.05) is 0 Å². The lowest BCUT2D eigenvalue weighted by molar-refractivity contribution is 0.243. The van der Waals surface area contributed by atoms with Crippen molar-refractivity contribution in [1.29, 1.82) is 0 Å². The molecule has 0 fully saturated rings. The molecule has 7 nitrogen and oxygen atoms in total. The van der Waals surface area contributed by atoms with E-state index in [9.17, 15) is 0 Å². The molecular formula is C12H15N5O2. The van der Waals surface area contributed by atoms with Crippen LogP contribution in [0.15, 0.2) is 32.9 Å². The molecule has 3 N–H and O–H groups in total. The molecule has 0 saturated carbocycles. The molecule has 0 aromatic carbocycles. The summed E-state index contributed by atoms with van der Waals surface area (Å²) in [5, 5.41) is 12.0. The van der Waals surface area contributed by atoms with Gasteiger partial charge in [-0.3, -0.25) is 4.99 Å². The SMILES string of the molecule is C=Nc1[nH]cnc1/C(=N\C)NCc1ccc(CO)o1. The number of hydrogen-bond donors (Lipinski definition) is 3. The van der Waals surface area contributed by atoms with Crippen LogP contribution in [0.3, 0.4) is 0 Å². The van der Waals surface area contributed by atoms with E-state index in [0.29, 0.717) is 35.4 Å². The molecule has 0 unspecified atom stereocenters. The van der Waals surface area contributed by atoms with Crippen LogP contribution in [0.5, 0.6) is 0 Å². The molecule has 7 heteroatoms. The average molecular weight is 261 g/mol. The van der Waals surface area contributed by atoms with Crippen LogP contribution in [0.1, 0.15) is 17.2 Å². The highest BCUT2D eigenvalue weighted by Crippen LogP contribution is 2.13. The Morgan fingerprint density at radius 3 is 2.95 bits per heavy atom. The highest BCUT2D eigenvalue weighted by atomic mass is 16.4. The first-order chi connectivity index (χ1) is 9.28. The smallest absolute Gasteiger partial charge is 0.160 e. The standard InChI is InChI=1S/C12H15N5O2/c1-13-11(10-12(14-2)17-7-16-10)15-5-8-3-4-9(6-18)19-8/h3-4,7,18H,2,5-6H2,1H3,(H,13,15)(H,16,17). The van der Waals surface area contributed by atoms with E-state index >= 15 is 0 Å². The summed E-state index contributed by atoms with van der Waals surface area (Å²) in [7, 11) is 1.66. The van der Waals surface area contributed by atoms with Crippen LogP contribution in [0.2, 0.25) is 0 Å². The lowest BCUT2D eigenvalue weighted by atomic mass is 10.3. The maximum absolute atomic E-state index is 8.92. The number of aromatic amines is 1. The summed E-state index contributed by atoms with van der Waals surface area (Å²) >= 11 is 0. The number of amidine groups is 1. The van der Waals surface area contributed by atoms with E-state index in [1.54, 1.807) is 19.2 Å². The van der Waals surface area contributed by atoms with E-state index in [-0.39, 0.29) is 6.61 Å². The molecule has 2 aromatic rings. The van der Waals surface area contributed by atoms with Crippen molar-refractivity contribution in [3.63, 3.8) is 0 Å². The summed E-state index contributed by atoms with van der Waals surface area (Å²) in [5.41, 5.74) is 0.603. The van der Waals surface area contributed by atoms with Gasteiger partial charge in [-0.05, 0) is 18.9 Å². The minimum atomic E-state index is -0.112. The third-order valence-electron chi connectivity index (χ3n) is 2.53. The molecule has 2 heterocycles. The Kier molecular flexibility index (Phi) is 4.09. The molecule has 0 saturated heterocycles. The van der Waals surface area contributed by atoms with E-state index in [0.717, 1.165) is 0 Å². The highest BCUT2D eigenvalue weighted by molar-refractivity contribution is 6.00. The van der Waals surface area contributed by atoms with Crippen LogP contribution in [-0.4, -0.2) is 34.7 Å². The Balaban J connectivity index is 2.06. The normalized spacial score (nSPS) is 11.6. The van der Waals surface area contributed by atoms with Gasteiger partial charge in [0.25, 0.3) is 0 Å². The van der Waals surface area contributed by atoms with Gasteiger partial charge in [0, 0.05) is 7.05 Å². The van der Waals surface area contributed by atoms with E-state index in [1.165, 1.54) is 6.33 Å². The Hall–Kier alpha value is -2.41. The molecule has 0 aliphatic heterocycles. The molecule has 0 spiro atoms. The van der Waals surface area contributed by atoms with Crippen LogP contribution >= 0.6 is 0 Å². The zero-order valence-corrected chi connectivity index (χ0v) is 10.6. The molecule has 0 bridgehead atoms. The number of aliphatic hydroxyl groups excluding tert-OH is 1. The van der Waals surface area contributed by atoms with E-state index in [2.05, 4.69) is 32.0 Å². The first-order valence-electron chi connectivity index (χ1n) is 5.68. The number of H-pyrrole nitrogens is 1. The third-order valence-corrected chi connectivity index (χ3v) is 2.53. The minimum absolute atomic E-state index is 0.112. The molecular weight excluding hydrogens is 246 g/mol. The second-order valence-electron chi connectivity index (χ2n) is 3.71. The Morgan fingerprint density at radius 1 is 1.53 bits per heavy atom. The molecule has 19 heavy (non-hydrogen) atoms. The molecule has 0 atom stereocenters. The van der Waals surface area contributed by atoms with Gasteiger partial charge in [0.15, 0.2) is 11.7 Å². The second-order valence-corrected chi connectivity index (χ2v) is 3.71. The number of nitrogens with zero attached hydrogens (tertiary/aromatic N) is 3. The number of nitrogens with one attached hydrogen (secondary N) is 2. The van der Waals surface area contributed by atoms with Gasteiger partial charge in [0.05, 0.1) is 12.9 Å². The van der Waals surface area contributed by atoms with Crippen molar-refractivity contribution in [2.75, 3.05) is 7.05 Å². The van der Waals surface area contributed by atoms with Gasteiger partial charge in [-0.25, -0.2) is 9.98 Å². The van der Waals surface area contributed by atoms with E-state index in [1.807, 2.05) is 0 Å². The molecule has 2 rings (SSSR count). The summed E-state index contributed by atoms with van der Waals surface area (Å²) < 4.78 is 5.37. The van der Waals surface area contributed by atoms with Gasteiger partial charge in [0.2, 0.25) is 0 Å². The lowest BCUT2D eigenvalue weighted by Crippen LogP contribution is -2.24. The van der Waals surface area contributed by atoms with Gasteiger partial charge in [-0.2, -0.15) is 0 Å². The van der Waals surface area contributed by atoms with Gasteiger partial charge in [-0.15, -0.1) is 0 Å².